The zero-order chi connectivity index (χ0) is 25.1. The van der Waals surface area contributed by atoms with Crippen LogP contribution in [0.3, 0.4) is 0 Å². The van der Waals surface area contributed by atoms with Crippen LogP contribution < -0.4 is 0 Å². The molecule has 2 aromatic carbocycles. The molecule has 0 aliphatic heterocycles. The molecule has 0 saturated heterocycles. The van der Waals surface area contributed by atoms with Crippen LogP contribution in [0.5, 0.6) is 0 Å². The Bertz CT molecular complexity index is 977. The third kappa shape index (κ3) is 11.7. The van der Waals surface area contributed by atoms with Crippen molar-refractivity contribution in [2.75, 3.05) is 0 Å². The van der Waals surface area contributed by atoms with Gasteiger partial charge in [0.1, 0.15) is 0 Å². The van der Waals surface area contributed by atoms with Crippen LogP contribution in [0.1, 0.15) is 120 Å². The first kappa shape index (κ1) is 31.9. The topological polar surface area (TPSA) is 36.4 Å². The Morgan fingerprint density at radius 3 is 2.03 bits per heavy atom. The maximum atomic E-state index is 9.08. The van der Waals surface area contributed by atoms with E-state index in [4.69, 9.17) is 5.53 Å². The number of hydrogen-bond donors (Lipinski definition) is 0. The molecule has 0 N–H and O–H groups in total. The summed E-state index contributed by atoms with van der Waals surface area (Å²) in [5.74, 6) is 2.69. The molecule has 0 amide bonds. The largest absolute Gasteiger partial charge is 0.348 e. The Morgan fingerprint density at radius 1 is 0.722 bits per heavy atom. The molecule has 0 unspecified atom stereocenters. The summed E-state index contributed by atoms with van der Waals surface area (Å²) < 4.78 is 0. The first-order valence-electron chi connectivity index (χ1n) is 14.1. The van der Waals surface area contributed by atoms with Crippen LogP contribution in [0.25, 0.3) is 11.1 Å². The van der Waals surface area contributed by atoms with Crippen molar-refractivity contribution in [2.45, 2.75) is 111 Å². The van der Waals surface area contributed by atoms with E-state index in [1.54, 1.807) is 0 Å². The molecule has 0 aliphatic rings. The summed E-state index contributed by atoms with van der Waals surface area (Å²) in [5.41, 5.74) is 16.8. The summed E-state index contributed by atoms with van der Waals surface area (Å²) in [6.45, 7) is 6.74. The fourth-order valence-corrected chi connectivity index (χ4v) is 4.69. The van der Waals surface area contributed by atoms with E-state index in [0.29, 0.717) is 0 Å². The maximum Gasteiger partial charge on any atom is 0.299 e. The van der Waals surface area contributed by atoms with Crippen LogP contribution >= 0.6 is 0 Å². The molecule has 0 bridgehead atoms. The number of nitrogens with zero attached hydrogens (tertiary/aromatic N) is 2. The molecular weight excluding hydrogens is 483 g/mol. The summed E-state index contributed by atoms with van der Waals surface area (Å²) in [7, 11) is 0. The SMILES string of the molecule is CCCCCCCCc1cccc(C(=C(C=C=[N+]=[N-])CCCC)c2ccc(CCCCC)cc2)c1.[Ni]. The fraction of sp³-hybridized carbons (Fsp3) is 0.515. The standard InChI is InChI=1S/C33H46N2.Ni/c1-4-7-10-11-12-14-17-29-18-15-20-32(27-29)33(30(19-9-6-3)25-26-35-34)31-23-21-28(22-24-31)16-13-8-5-2;/h15,18,20-25,27H,4-14,16-17,19H2,1-3H3;. The van der Waals surface area contributed by atoms with Gasteiger partial charge in [0, 0.05) is 16.5 Å². The molecule has 0 atom stereocenters. The Hall–Kier alpha value is -2.17. The fourth-order valence-electron chi connectivity index (χ4n) is 4.69. The summed E-state index contributed by atoms with van der Waals surface area (Å²) in [6, 6.07) is 18.2. The molecule has 0 aromatic heterocycles. The molecule has 0 aliphatic carbocycles. The number of hydrogen-bond acceptors (Lipinski definition) is 0. The molecule has 36 heavy (non-hydrogen) atoms. The molecule has 2 rings (SSSR count). The van der Waals surface area contributed by atoms with Crippen LogP contribution in [0, 0.1) is 0 Å². The van der Waals surface area contributed by atoms with Crippen molar-refractivity contribution in [2.24, 2.45) is 0 Å². The van der Waals surface area contributed by atoms with Gasteiger partial charge in [-0.05, 0) is 71.9 Å². The number of unbranched alkanes of at least 4 members (excludes halogenated alkanes) is 8. The van der Waals surface area contributed by atoms with E-state index in [1.165, 1.54) is 91.2 Å². The van der Waals surface area contributed by atoms with Crippen LogP contribution in [0.4, 0.5) is 0 Å². The minimum atomic E-state index is 0. The van der Waals surface area contributed by atoms with Gasteiger partial charge in [0.2, 0.25) is 0 Å². The summed E-state index contributed by atoms with van der Waals surface area (Å²) >= 11 is 0. The molecule has 0 fully saturated rings. The Kier molecular flexibility index (Phi) is 17.7. The van der Waals surface area contributed by atoms with Gasteiger partial charge in [-0.1, -0.05) is 121 Å². The van der Waals surface area contributed by atoms with Crippen LogP contribution in [-0.2, 0) is 29.3 Å². The second-order valence-electron chi connectivity index (χ2n) is 9.75. The van der Waals surface area contributed by atoms with Crippen molar-refractivity contribution in [3.05, 3.63) is 88.0 Å². The summed E-state index contributed by atoms with van der Waals surface area (Å²) in [6.07, 6.45) is 19.0. The minimum Gasteiger partial charge on any atom is -0.348 e. The third-order valence-corrected chi connectivity index (χ3v) is 6.76. The first-order valence-corrected chi connectivity index (χ1v) is 14.1. The monoisotopic (exact) mass is 528 g/mol. The van der Waals surface area contributed by atoms with E-state index >= 15 is 0 Å². The Balaban J connectivity index is 0.00000648. The smallest absolute Gasteiger partial charge is 0.299 e. The maximum absolute atomic E-state index is 9.08. The van der Waals surface area contributed by atoms with Crippen molar-refractivity contribution in [3.8, 4) is 0 Å². The normalized spacial score (nSPS) is 11.2. The van der Waals surface area contributed by atoms with Gasteiger partial charge in [-0.3, -0.25) is 0 Å². The molecule has 2 aromatic rings. The second-order valence-corrected chi connectivity index (χ2v) is 9.75. The van der Waals surface area contributed by atoms with Crippen LogP contribution in [0.2, 0.25) is 0 Å². The summed E-state index contributed by atoms with van der Waals surface area (Å²) in [4.78, 5) is 3.16. The van der Waals surface area contributed by atoms with Gasteiger partial charge in [-0.25, -0.2) is 0 Å². The van der Waals surface area contributed by atoms with Gasteiger partial charge < -0.3 is 5.53 Å². The number of aryl methyl sites for hydroxylation is 2. The van der Waals surface area contributed by atoms with E-state index < -0.39 is 0 Å². The third-order valence-electron chi connectivity index (χ3n) is 6.76. The molecule has 198 valence electrons. The quantitative estimate of drug-likeness (QED) is 0.0489. The molecule has 2 nitrogen and oxygen atoms in total. The predicted octanol–water partition coefficient (Wildman–Crippen LogP) is 9.77. The molecule has 0 saturated carbocycles. The molecule has 0 radical (unpaired) electrons. The van der Waals surface area contributed by atoms with Crippen LogP contribution in [-0.4, -0.2) is 10.7 Å². The van der Waals surface area contributed by atoms with E-state index in [2.05, 4.69) is 80.0 Å². The molecule has 0 heterocycles. The van der Waals surface area contributed by atoms with Crippen molar-refractivity contribution >= 4 is 11.4 Å². The zero-order valence-electron chi connectivity index (χ0n) is 22.8. The van der Waals surface area contributed by atoms with E-state index in [9.17, 15) is 0 Å². The summed E-state index contributed by atoms with van der Waals surface area (Å²) in [5, 5.41) is 0. The van der Waals surface area contributed by atoms with Crippen LogP contribution in [0.15, 0.2) is 60.2 Å². The minimum absolute atomic E-state index is 0. The zero-order valence-corrected chi connectivity index (χ0v) is 23.8. The van der Waals surface area contributed by atoms with Crippen molar-refractivity contribution in [1.29, 1.82) is 0 Å². The van der Waals surface area contributed by atoms with E-state index in [1.807, 2.05) is 6.08 Å². The number of benzene rings is 2. The van der Waals surface area contributed by atoms with Crippen molar-refractivity contribution in [3.63, 3.8) is 0 Å². The average molecular weight is 529 g/mol. The van der Waals surface area contributed by atoms with Gasteiger partial charge in [-0.2, -0.15) is 0 Å². The molecule has 3 heteroatoms. The van der Waals surface area contributed by atoms with Gasteiger partial charge in [0.25, 0.3) is 5.87 Å². The molecular formula is C33H46N2Ni. The van der Waals surface area contributed by atoms with Crippen molar-refractivity contribution < 1.29 is 21.3 Å². The number of allylic oxidation sites excluding steroid dienone is 2. The Labute approximate surface area is 230 Å². The average Bonchev–Trinajstić information content (AvgIpc) is 2.89. The van der Waals surface area contributed by atoms with Gasteiger partial charge in [-0.15, -0.1) is 4.79 Å². The van der Waals surface area contributed by atoms with Crippen molar-refractivity contribution in [1.82, 2.24) is 0 Å². The first-order chi connectivity index (χ1) is 17.2. The second kappa shape index (κ2) is 20.0. The molecule has 0 spiro atoms. The van der Waals surface area contributed by atoms with E-state index in [0.717, 1.165) is 32.1 Å². The number of rotatable bonds is 17. The van der Waals surface area contributed by atoms with Gasteiger partial charge >= 0.3 is 0 Å². The predicted molar refractivity (Wildman–Crippen MR) is 152 cm³/mol. The van der Waals surface area contributed by atoms with Gasteiger partial charge in [0.05, 0.1) is 6.08 Å². The van der Waals surface area contributed by atoms with Gasteiger partial charge in [0.15, 0.2) is 0 Å². The van der Waals surface area contributed by atoms with E-state index in [-0.39, 0.29) is 16.5 Å². The Morgan fingerprint density at radius 2 is 1.33 bits per heavy atom.